The maximum absolute atomic E-state index is 13.6. The fraction of sp³-hybridized carbons (Fsp3) is 0.188. The lowest BCUT2D eigenvalue weighted by atomic mass is 9.95. The van der Waals surface area contributed by atoms with Crippen LogP contribution in [0.4, 0.5) is 13.2 Å². The van der Waals surface area contributed by atoms with E-state index < -0.39 is 17.8 Å². The maximum atomic E-state index is 13.6. The molecule has 2 rings (SSSR count). The van der Waals surface area contributed by atoms with Gasteiger partial charge in [-0.1, -0.05) is 12.1 Å². The first-order valence-corrected chi connectivity index (χ1v) is 6.08. The van der Waals surface area contributed by atoms with Crippen molar-refractivity contribution >= 4 is 6.29 Å². The van der Waals surface area contributed by atoms with Gasteiger partial charge in [0.05, 0.1) is 5.56 Å². The standard InChI is InChI=1S/C16H13F3O/c1-9-6-14(10(2)5-12(9)8-20)11-3-4-13(16(18)19)15(17)7-11/h3-8,16H,1-2H3. The normalized spacial score (nSPS) is 10.9. The minimum atomic E-state index is -2.83. The third-order valence-corrected chi connectivity index (χ3v) is 3.29. The van der Waals surface area contributed by atoms with Crippen LogP contribution in [0.2, 0.25) is 0 Å². The quantitative estimate of drug-likeness (QED) is 0.733. The van der Waals surface area contributed by atoms with Crippen molar-refractivity contribution in [3.8, 4) is 11.1 Å². The minimum Gasteiger partial charge on any atom is -0.298 e. The second-order valence-electron chi connectivity index (χ2n) is 4.68. The molecule has 0 aliphatic rings. The first-order valence-electron chi connectivity index (χ1n) is 6.08. The summed E-state index contributed by atoms with van der Waals surface area (Å²) in [5.74, 6) is -0.922. The molecule has 0 saturated carbocycles. The topological polar surface area (TPSA) is 17.1 Å². The molecule has 0 heterocycles. The Morgan fingerprint density at radius 1 is 1.05 bits per heavy atom. The van der Waals surface area contributed by atoms with Crippen molar-refractivity contribution in [2.45, 2.75) is 20.3 Å². The molecule has 0 aliphatic heterocycles. The first kappa shape index (κ1) is 14.3. The Labute approximate surface area is 115 Å². The van der Waals surface area contributed by atoms with Crippen molar-refractivity contribution in [2.75, 3.05) is 0 Å². The summed E-state index contributed by atoms with van der Waals surface area (Å²) in [7, 11) is 0. The number of carbonyl (C=O) groups excluding carboxylic acids is 1. The highest BCUT2D eigenvalue weighted by Crippen LogP contribution is 2.30. The molecule has 0 unspecified atom stereocenters. The van der Waals surface area contributed by atoms with Crippen molar-refractivity contribution in [1.82, 2.24) is 0 Å². The van der Waals surface area contributed by atoms with E-state index in [1.54, 1.807) is 26.0 Å². The van der Waals surface area contributed by atoms with Crippen LogP contribution in [0.3, 0.4) is 0 Å². The summed E-state index contributed by atoms with van der Waals surface area (Å²) >= 11 is 0. The van der Waals surface area contributed by atoms with Crippen LogP contribution < -0.4 is 0 Å². The lowest BCUT2D eigenvalue weighted by Crippen LogP contribution is -1.94. The summed E-state index contributed by atoms with van der Waals surface area (Å²) < 4.78 is 38.7. The van der Waals surface area contributed by atoms with E-state index >= 15 is 0 Å². The Kier molecular flexibility index (Phi) is 3.93. The molecule has 0 atom stereocenters. The number of benzene rings is 2. The smallest absolute Gasteiger partial charge is 0.266 e. The molecule has 4 heteroatoms. The number of aldehydes is 1. The zero-order valence-electron chi connectivity index (χ0n) is 11.1. The Morgan fingerprint density at radius 3 is 2.30 bits per heavy atom. The van der Waals surface area contributed by atoms with Crippen molar-refractivity contribution in [2.24, 2.45) is 0 Å². The van der Waals surface area contributed by atoms with Gasteiger partial charge in [-0.25, -0.2) is 13.2 Å². The number of aryl methyl sites for hydroxylation is 2. The van der Waals surface area contributed by atoms with E-state index in [-0.39, 0.29) is 0 Å². The molecule has 0 N–H and O–H groups in total. The van der Waals surface area contributed by atoms with Crippen LogP contribution in [0.25, 0.3) is 11.1 Å². The molecule has 2 aromatic rings. The number of hydrogen-bond acceptors (Lipinski definition) is 1. The minimum absolute atomic E-state index is 0.518. The largest absolute Gasteiger partial charge is 0.298 e. The number of hydrogen-bond donors (Lipinski definition) is 0. The van der Waals surface area contributed by atoms with Crippen molar-refractivity contribution in [1.29, 1.82) is 0 Å². The predicted molar refractivity (Wildman–Crippen MR) is 71.7 cm³/mol. The zero-order chi connectivity index (χ0) is 14.9. The van der Waals surface area contributed by atoms with Crippen LogP contribution in [0, 0.1) is 19.7 Å². The summed E-state index contributed by atoms with van der Waals surface area (Å²) in [5.41, 5.74) is 2.77. The highest BCUT2D eigenvalue weighted by molar-refractivity contribution is 5.81. The van der Waals surface area contributed by atoms with Gasteiger partial charge >= 0.3 is 0 Å². The third-order valence-electron chi connectivity index (χ3n) is 3.29. The molecule has 104 valence electrons. The van der Waals surface area contributed by atoms with Gasteiger partial charge in [-0.3, -0.25) is 4.79 Å². The fourth-order valence-electron chi connectivity index (χ4n) is 2.15. The molecule has 0 fully saturated rings. The van der Waals surface area contributed by atoms with Crippen LogP contribution in [0.1, 0.15) is 33.5 Å². The SMILES string of the molecule is Cc1cc(-c2ccc(C(F)F)c(F)c2)c(C)cc1C=O. The van der Waals surface area contributed by atoms with Gasteiger partial charge in [0.1, 0.15) is 12.1 Å². The molecule has 20 heavy (non-hydrogen) atoms. The van der Waals surface area contributed by atoms with E-state index in [9.17, 15) is 18.0 Å². The van der Waals surface area contributed by atoms with Gasteiger partial charge < -0.3 is 0 Å². The average Bonchev–Trinajstić information content (AvgIpc) is 2.40. The zero-order valence-corrected chi connectivity index (χ0v) is 11.1. The third kappa shape index (κ3) is 2.59. The van der Waals surface area contributed by atoms with Crippen LogP contribution in [-0.4, -0.2) is 6.29 Å². The molecule has 0 aliphatic carbocycles. The van der Waals surface area contributed by atoms with E-state index in [1.807, 2.05) is 0 Å². The molecule has 0 amide bonds. The van der Waals surface area contributed by atoms with Crippen molar-refractivity contribution in [3.05, 3.63) is 58.4 Å². The molecule has 0 saturated heterocycles. The van der Waals surface area contributed by atoms with E-state index in [0.29, 0.717) is 11.1 Å². The van der Waals surface area contributed by atoms with E-state index in [1.165, 1.54) is 6.07 Å². The Morgan fingerprint density at radius 2 is 1.75 bits per heavy atom. The second-order valence-corrected chi connectivity index (χ2v) is 4.68. The predicted octanol–water partition coefficient (Wildman–Crippen LogP) is 4.86. The molecule has 0 radical (unpaired) electrons. The lowest BCUT2D eigenvalue weighted by Gasteiger charge is -2.11. The highest BCUT2D eigenvalue weighted by Gasteiger charge is 2.15. The fourth-order valence-corrected chi connectivity index (χ4v) is 2.15. The van der Waals surface area contributed by atoms with Crippen molar-refractivity contribution < 1.29 is 18.0 Å². The Hall–Kier alpha value is -2.10. The highest BCUT2D eigenvalue weighted by atomic mass is 19.3. The second kappa shape index (κ2) is 5.49. The van der Waals surface area contributed by atoms with Gasteiger partial charge in [-0.15, -0.1) is 0 Å². The average molecular weight is 278 g/mol. The van der Waals surface area contributed by atoms with E-state index in [4.69, 9.17) is 0 Å². The number of alkyl halides is 2. The number of rotatable bonds is 3. The van der Waals surface area contributed by atoms with Gasteiger partial charge in [0.25, 0.3) is 6.43 Å². The van der Waals surface area contributed by atoms with Gasteiger partial charge in [0, 0.05) is 5.56 Å². The van der Waals surface area contributed by atoms with Gasteiger partial charge in [-0.05, 0) is 54.3 Å². The number of carbonyl (C=O) groups is 1. The molecule has 0 bridgehead atoms. The Bertz CT molecular complexity index is 663. The van der Waals surface area contributed by atoms with E-state index in [2.05, 4.69) is 0 Å². The summed E-state index contributed by atoms with van der Waals surface area (Å²) in [4.78, 5) is 10.9. The van der Waals surface area contributed by atoms with Gasteiger partial charge in [-0.2, -0.15) is 0 Å². The summed E-state index contributed by atoms with van der Waals surface area (Å²) in [6.07, 6.45) is -2.07. The van der Waals surface area contributed by atoms with Crippen LogP contribution >= 0.6 is 0 Å². The molecule has 0 aromatic heterocycles. The Balaban J connectivity index is 2.55. The number of halogens is 3. The summed E-state index contributed by atoms with van der Waals surface area (Å²) in [5, 5.41) is 0. The maximum Gasteiger partial charge on any atom is 0.266 e. The van der Waals surface area contributed by atoms with E-state index in [0.717, 1.165) is 35.1 Å². The monoisotopic (exact) mass is 278 g/mol. The van der Waals surface area contributed by atoms with Crippen LogP contribution in [0.15, 0.2) is 30.3 Å². The molecule has 1 nitrogen and oxygen atoms in total. The first-order chi connectivity index (χ1) is 9.43. The molecular weight excluding hydrogens is 265 g/mol. The summed E-state index contributed by atoms with van der Waals surface area (Å²) in [6, 6.07) is 7.13. The molecule has 2 aromatic carbocycles. The van der Waals surface area contributed by atoms with Crippen LogP contribution in [-0.2, 0) is 0 Å². The summed E-state index contributed by atoms with van der Waals surface area (Å²) in [6.45, 7) is 3.57. The lowest BCUT2D eigenvalue weighted by molar-refractivity contribution is 0.112. The van der Waals surface area contributed by atoms with Gasteiger partial charge in [0.2, 0.25) is 0 Å². The molecular formula is C16H13F3O. The van der Waals surface area contributed by atoms with Crippen molar-refractivity contribution in [3.63, 3.8) is 0 Å². The van der Waals surface area contributed by atoms with Gasteiger partial charge in [0.15, 0.2) is 0 Å². The van der Waals surface area contributed by atoms with Crippen LogP contribution in [0.5, 0.6) is 0 Å². The molecule has 0 spiro atoms.